The van der Waals surface area contributed by atoms with Gasteiger partial charge in [-0.2, -0.15) is 13.8 Å². The first-order chi connectivity index (χ1) is 13.0. The molecular formula is C16H13F2N7O2. The Labute approximate surface area is 151 Å². The van der Waals surface area contributed by atoms with E-state index in [4.69, 9.17) is 0 Å². The van der Waals surface area contributed by atoms with Crippen molar-refractivity contribution in [2.75, 3.05) is 16.0 Å². The van der Waals surface area contributed by atoms with Crippen molar-refractivity contribution in [3.63, 3.8) is 0 Å². The maximum absolute atomic E-state index is 13.4. The minimum atomic E-state index is -3.70. The molecule has 3 aromatic rings. The van der Waals surface area contributed by atoms with Crippen LogP contribution in [0.2, 0.25) is 0 Å². The van der Waals surface area contributed by atoms with E-state index >= 15 is 0 Å². The van der Waals surface area contributed by atoms with Gasteiger partial charge >= 0.3 is 6.11 Å². The molecule has 0 bridgehead atoms. The topological polar surface area (TPSA) is 117 Å². The lowest BCUT2D eigenvalue weighted by Gasteiger charge is -2.31. The third-order valence-corrected chi connectivity index (χ3v) is 3.60. The van der Waals surface area contributed by atoms with Crippen molar-refractivity contribution in [3.05, 3.63) is 49.1 Å². The van der Waals surface area contributed by atoms with Gasteiger partial charge in [-0.1, -0.05) is 0 Å². The molecule has 0 saturated heterocycles. The first kappa shape index (κ1) is 16.8. The van der Waals surface area contributed by atoms with Gasteiger partial charge in [0.2, 0.25) is 18.1 Å². The second kappa shape index (κ2) is 6.61. The number of pyridine rings is 1. The van der Waals surface area contributed by atoms with E-state index in [1.54, 1.807) is 24.5 Å². The molecule has 1 unspecified atom stereocenters. The first-order valence-electron chi connectivity index (χ1n) is 7.78. The normalized spacial score (nSPS) is 17.2. The van der Waals surface area contributed by atoms with Crippen LogP contribution in [0.4, 0.5) is 37.7 Å². The Hall–Kier alpha value is -3.60. The molecule has 11 heteroatoms. The van der Waals surface area contributed by atoms with E-state index in [1.165, 1.54) is 24.5 Å². The van der Waals surface area contributed by atoms with Crippen molar-refractivity contribution < 1.29 is 18.6 Å². The third kappa shape index (κ3) is 3.67. The van der Waals surface area contributed by atoms with E-state index in [1.807, 2.05) is 0 Å². The molecule has 0 fully saturated rings. The number of fused-ring (bicyclic) bond motifs is 1. The fourth-order valence-electron chi connectivity index (χ4n) is 2.35. The molecule has 0 radical (unpaired) electrons. The number of rotatable bonds is 4. The molecule has 1 aromatic carbocycles. The number of ether oxygens (including phenoxy) is 1. The Bertz CT molecular complexity index is 959. The van der Waals surface area contributed by atoms with Crippen LogP contribution in [0.25, 0.3) is 0 Å². The minimum absolute atomic E-state index is 0.0773. The Kier molecular flexibility index (Phi) is 4.12. The summed E-state index contributed by atoms with van der Waals surface area (Å²) in [6, 6.07) is 7.88. The minimum Gasteiger partial charge on any atom is -0.427 e. The van der Waals surface area contributed by atoms with Crippen molar-refractivity contribution in [2.45, 2.75) is 12.3 Å². The highest BCUT2D eigenvalue weighted by atomic mass is 19.3. The monoisotopic (exact) mass is 373 g/mol. The number of hydrogen-bond acceptors (Lipinski definition) is 9. The van der Waals surface area contributed by atoms with Crippen molar-refractivity contribution in [1.29, 1.82) is 0 Å². The molecule has 2 aromatic heterocycles. The lowest BCUT2D eigenvalue weighted by Crippen LogP contribution is -2.47. The Balaban J connectivity index is 1.52. The van der Waals surface area contributed by atoms with E-state index in [9.17, 15) is 13.9 Å². The predicted molar refractivity (Wildman–Crippen MR) is 92.3 cm³/mol. The summed E-state index contributed by atoms with van der Waals surface area (Å²) in [4.78, 5) is 16.2. The molecule has 1 aliphatic heterocycles. The van der Waals surface area contributed by atoms with Crippen LogP contribution in [-0.4, -0.2) is 37.4 Å². The van der Waals surface area contributed by atoms with E-state index < -0.39 is 12.3 Å². The molecule has 9 nitrogen and oxygen atoms in total. The van der Waals surface area contributed by atoms with Crippen LogP contribution in [-0.2, 0) is 0 Å². The zero-order chi connectivity index (χ0) is 18.9. The molecule has 1 atom stereocenters. The molecule has 0 amide bonds. The van der Waals surface area contributed by atoms with Crippen molar-refractivity contribution >= 4 is 29.0 Å². The van der Waals surface area contributed by atoms with Crippen LogP contribution >= 0.6 is 0 Å². The number of nitrogens with zero attached hydrogens (tertiary/aromatic N) is 4. The van der Waals surface area contributed by atoms with Gasteiger partial charge in [-0.3, -0.25) is 4.98 Å². The summed E-state index contributed by atoms with van der Waals surface area (Å²) in [7, 11) is 0. The Morgan fingerprint density at radius 1 is 1.04 bits per heavy atom. The zero-order valence-electron chi connectivity index (χ0n) is 13.6. The quantitative estimate of drug-likeness (QED) is 0.547. The molecule has 0 aliphatic carbocycles. The summed E-state index contributed by atoms with van der Waals surface area (Å²) >= 11 is 0. The van der Waals surface area contributed by atoms with Crippen LogP contribution in [0.15, 0.2) is 49.1 Å². The molecule has 4 N–H and O–H groups in total. The predicted octanol–water partition coefficient (Wildman–Crippen LogP) is 2.47. The van der Waals surface area contributed by atoms with Crippen LogP contribution in [0.3, 0.4) is 0 Å². The largest absolute Gasteiger partial charge is 0.444 e. The van der Waals surface area contributed by atoms with Crippen LogP contribution < -0.4 is 20.7 Å². The van der Waals surface area contributed by atoms with Crippen molar-refractivity contribution in [3.8, 4) is 5.75 Å². The van der Waals surface area contributed by atoms with E-state index in [0.29, 0.717) is 11.6 Å². The van der Waals surface area contributed by atoms with E-state index in [-0.39, 0.29) is 17.4 Å². The summed E-state index contributed by atoms with van der Waals surface area (Å²) in [5, 5.41) is 17.6. The number of alkyl halides is 2. The van der Waals surface area contributed by atoms with Gasteiger partial charge in [0.1, 0.15) is 12.1 Å². The molecule has 138 valence electrons. The van der Waals surface area contributed by atoms with Crippen molar-refractivity contribution in [1.82, 2.24) is 19.9 Å². The Morgan fingerprint density at radius 2 is 1.74 bits per heavy atom. The second-order valence-corrected chi connectivity index (χ2v) is 5.54. The van der Waals surface area contributed by atoms with Gasteiger partial charge in [-0.05, 0) is 30.3 Å². The summed E-state index contributed by atoms with van der Waals surface area (Å²) in [6.07, 6.45) is -1.27. The van der Waals surface area contributed by atoms with Gasteiger partial charge in [0.25, 0.3) is 0 Å². The number of aliphatic hydroxyl groups is 1. The summed E-state index contributed by atoms with van der Waals surface area (Å²) in [5.74, 6) is 0.476. The van der Waals surface area contributed by atoms with Gasteiger partial charge in [0, 0.05) is 23.8 Å². The summed E-state index contributed by atoms with van der Waals surface area (Å²) in [6.45, 7) is 0. The lowest BCUT2D eigenvalue weighted by molar-refractivity contribution is -0.235. The number of nitrogens with one attached hydrogen (secondary N) is 3. The highest BCUT2D eigenvalue weighted by Crippen LogP contribution is 2.38. The van der Waals surface area contributed by atoms with Crippen LogP contribution in [0.5, 0.6) is 5.75 Å². The standard InChI is InChI=1S/C16H13F2N7O2/c17-16(18)13(26)24-11-7-10(1-2-12(11)27-16)23-15-21-8-20-14(25-15)22-9-3-5-19-6-4-9/h1-8,13,24,26H,(H2,19,20,21,22,23,25). The fraction of sp³-hybridized carbons (Fsp3) is 0.125. The first-order valence-corrected chi connectivity index (χ1v) is 7.78. The zero-order valence-corrected chi connectivity index (χ0v) is 13.6. The third-order valence-electron chi connectivity index (χ3n) is 3.60. The fourth-order valence-corrected chi connectivity index (χ4v) is 2.35. The van der Waals surface area contributed by atoms with Crippen LogP contribution in [0.1, 0.15) is 0 Å². The summed E-state index contributed by atoms with van der Waals surface area (Å²) < 4.78 is 31.2. The molecule has 3 heterocycles. The number of benzene rings is 1. The van der Waals surface area contributed by atoms with Gasteiger partial charge < -0.3 is 25.8 Å². The number of aliphatic hydroxyl groups excluding tert-OH is 1. The highest BCUT2D eigenvalue weighted by Gasteiger charge is 2.45. The number of anilines is 5. The number of aromatic nitrogens is 4. The average Bonchev–Trinajstić information content (AvgIpc) is 2.64. The van der Waals surface area contributed by atoms with Gasteiger partial charge in [-0.25, -0.2) is 9.97 Å². The molecule has 0 saturated carbocycles. The smallest absolute Gasteiger partial charge is 0.427 e. The van der Waals surface area contributed by atoms with Crippen molar-refractivity contribution in [2.24, 2.45) is 0 Å². The van der Waals surface area contributed by atoms with Crippen LogP contribution in [0, 0.1) is 0 Å². The Morgan fingerprint density at radius 3 is 2.48 bits per heavy atom. The number of hydrogen-bond donors (Lipinski definition) is 4. The average molecular weight is 373 g/mol. The SMILES string of the molecule is OC1Nc2cc(Nc3ncnc(Nc4ccncc4)n3)ccc2OC1(F)F. The molecule has 4 rings (SSSR count). The van der Waals surface area contributed by atoms with E-state index in [2.05, 4.69) is 40.6 Å². The van der Waals surface area contributed by atoms with Gasteiger partial charge in [-0.15, -0.1) is 0 Å². The highest BCUT2D eigenvalue weighted by molar-refractivity contribution is 5.68. The number of halogens is 2. The molecule has 1 aliphatic rings. The molecular weight excluding hydrogens is 360 g/mol. The lowest BCUT2D eigenvalue weighted by atomic mass is 10.2. The second-order valence-electron chi connectivity index (χ2n) is 5.54. The maximum atomic E-state index is 13.4. The van der Waals surface area contributed by atoms with Gasteiger partial charge in [0.05, 0.1) is 5.69 Å². The van der Waals surface area contributed by atoms with Gasteiger partial charge in [0.15, 0.2) is 0 Å². The van der Waals surface area contributed by atoms with E-state index in [0.717, 1.165) is 5.69 Å². The maximum Gasteiger partial charge on any atom is 0.444 e. The summed E-state index contributed by atoms with van der Waals surface area (Å²) in [5.41, 5.74) is 1.47. The molecule has 27 heavy (non-hydrogen) atoms. The molecule has 0 spiro atoms.